The van der Waals surface area contributed by atoms with Gasteiger partial charge in [0, 0.05) is 12.5 Å². The highest BCUT2D eigenvalue weighted by molar-refractivity contribution is 6.01. The molecule has 0 bridgehead atoms. The SMILES string of the molecule is Cc1cc2c(cc1Cc1ccc(C(=O)Nc3cc(-c4ccccc4)[nH]n3)o1)C(C)(C)CCC2(C)C. The maximum absolute atomic E-state index is 12.8. The summed E-state index contributed by atoms with van der Waals surface area (Å²) in [5.41, 5.74) is 7.61. The number of rotatable bonds is 5. The van der Waals surface area contributed by atoms with Crippen molar-refractivity contribution in [1.82, 2.24) is 10.2 Å². The van der Waals surface area contributed by atoms with Crippen molar-refractivity contribution in [1.29, 1.82) is 0 Å². The minimum Gasteiger partial charge on any atom is -0.456 e. The van der Waals surface area contributed by atoms with E-state index in [-0.39, 0.29) is 22.5 Å². The molecule has 180 valence electrons. The van der Waals surface area contributed by atoms with E-state index < -0.39 is 0 Å². The average Bonchev–Trinajstić information content (AvgIpc) is 3.49. The third-order valence-electron chi connectivity index (χ3n) is 7.46. The molecule has 5 rings (SSSR count). The van der Waals surface area contributed by atoms with Crippen molar-refractivity contribution in [3.8, 4) is 11.3 Å². The van der Waals surface area contributed by atoms with E-state index in [0.717, 1.165) is 17.0 Å². The molecule has 2 aromatic carbocycles. The Labute approximate surface area is 207 Å². The Morgan fingerprint density at radius 3 is 2.37 bits per heavy atom. The second kappa shape index (κ2) is 8.56. The summed E-state index contributed by atoms with van der Waals surface area (Å²) in [7, 11) is 0. The van der Waals surface area contributed by atoms with E-state index in [1.54, 1.807) is 6.07 Å². The number of amides is 1. The standard InChI is InChI=1S/C30H33N3O2/c1-19-15-23-24(30(4,5)14-13-29(23,2)3)17-21(19)16-22-11-12-26(35-22)28(34)31-27-18-25(32-33-27)20-9-7-6-8-10-20/h6-12,15,17-18H,13-14,16H2,1-5H3,(H2,31,32,33,34). The van der Waals surface area contributed by atoms with Gasteiger partial charge in [-0.25, -0.2) is 0 Å². The molecule has 1 aliphatic rings. The third-order valence-corrected chi connectivity index (χ3v) is 7.46. The summed E-state index contributed by atoms with van der Waals surface area (Å²) in [4.78, 5) is 12.8. The largest absolute Gasteiger partial charge is 0.456 e. The zero-order chi connectivity index (χ0) is 24.8. The fraction of sp³-hybridized carbons (Fsp3) is 0.333. The second-order valence-electron chi connectivity index (χ2n) is 11.0. The number of aromatic amines is 1. The third kappa shape index (κ3) is 4.55. The molecule has 1 aliphatic carbocycles. The van der Waals surface area contributed by atoms with Crippen LogP contribution < -0.4 is 5.32 Å². The maximum Gasteiger partial charge on any atom is 0.292 e. The lowest BCUT2D eigenvalue weighted by atomic mass is 9.62. The number of hydrogen-bond acceptors (Lipinski definition) is 3. The van der Waals surface area contributed by atoms with Crippen LogP contribution in [-0.4, -0.2) is 16.1 Å². The fourth-order valence-electron chi connectivity index (χ4n) is 5.07. The highest BCUT2D eigenvalue weighted by atomic mass is 16.3. The smallest absolute Gasteiger partial charge is 0.292 e. The Kier molecular flexibility index (Phi) is 5.66. The van der Waals surface area contributed by atoms with E-state index in [0.29, 0.717) is 12.2 Å². The molecule has 0 atom stereocenters. The number of fused-ring (bicyclic) bond motifs is 1. The summed E-state index contributed by atoms with van der Waals surface area (Å²) in [5.74, 6) is 1.20. The highest BCUT2D eigenvalue weighted by Gasteiger charge is 2.37. The number of furan rings is 1. The minimum absolute atomic E-state index is 0.156. The van der Waals surface area contributed by atoms with Gasteiger partial charge in [0.25, 0.3) is 5.91 Å². The number of anilines is 1. The van der Waals surface area contributed by atoms with Crippen LogP contribution in [0.15, 0.2) is 65.1 Å². The molecule has 2 aromatic heterocycles. The van der Waals surface area contributed by atoms with Crippen molar-refractivity contribution in [3.05, 3.63) is 94.4 Å². The van der Waals surface area contributed by atoms with Crippen molar-refractivity contribution in [2.75, 3.05) is 5.32 Å². The lowest BCUT2D eigenvalue weighted by Crippen LogP contribution is -2.34. The topological polar surface area (TPSA) is 70.9 Å². The van der Waals surface area contributed by atoms with E-state index >= 15 is 0 Å². The molecule has 0 saturated heterocycles. The number of aromatic nitrogens is 2. The molecule has 2 heterocycles. The number of H-pyrrole nitrogens is 1. The lowest BCUT2D eigenvalue weighted by molar-refractivity contribution is 0.0994. The molecule has 0 radical (unpaired) electrons. The first kappa shape index (κ1) is 23.2. The molecule has 1 amide bonds. The monoisotopic (exact) mass is 467 g/mol. The van der Waals surface area contributed by atoms with Gasteiger partial charge in [0.2, 0.25) is 0 Å². The van der Waals surface area contributed by atoms with E-state index in [2.05, 4.69) is 62.3 Å². The summed E-state index contributed by atoms with van der Waals surface area (Å²) in [6.07, 6.45) is 3.04. The Morgan fingerprint density at radius 1 is 0.971 bits per heavy atom. The molecular weight excluding hydrogens is 434 g/mol. The van der Waals surface area contributed by atoms with Gasteiger partial charge in [-0.3, -0.25) is 9.89 Å². The van der Waals surface area contributed by atoms with E-state index in [4.69, 9.17) is 4.42 Å². The molecule has 0 spiro atoms. The van der Waals surface area contributed by atoms with Crippen LogP contribution in [0.4, 0.5) is 5.82 Å². The molecule has 5 nitrogen and oxygen atoms in total. The number of hydrogen-bond donors (Lipinski definition) is 2. The summed E-state index contributed by atoms with van der Waals surface area (Å²) in [5, 5.41) is 10.00. The van der Waals surface area contributed by atoms with Crippen LogP contribution in [0.5, 0.6) is 0 Å². The first-order valence-corrected chi connectivity index (χ1v) is 12.3. The molecule has 0 fully saturated rings. The number of carbonyl (C=O) groups is 1. The molecule has 35 heavy (non-hydrogen) atoms. The summed E-state index contributed by atoms with van der Waals surface area (Å²) in [6, 6.07) is 20.0. The van der Waals surface area contributed by atoms with E-state index in [1.807, 2.05) is 42.5 Å². The van der Waals surface area contributed by atoms with Crippen molar-refractivity contribution in [2.45, 2.75) is 64.7 Å². The highest BCUT2D eigenvalue weighted by Crippen LogP contribution is 2.46. The molecular formula is C30H33N3O2. The van der Waals surface area contributed by atoms with Crippen LogP contribution in [0, 0.1) is 6.92 Å². The molecule has 2 N–H and O–H groups in total. The van der Waals surface area contributed by atoms with Gasteiger partial charge >= 0.3 is 0 Å². The van der Waals surface area contributed by atoms with Gasteiger partial charge in [-0.15, -0.1) is 0 Å². The summed E-state index contributed by atoms with van der Waals surface area (Å²) >= 11 is 0. The van der Waals surface area contributed by atoms with E-state index in [1.165, 1.54) is 35.1 Å². The molecule has 0 unspecified atom stereocenters. The van der Waals surface area contributed by atoms with Crippen molar-refractivity contribution in [3.63, 3.8) is 0 Å². The van der Waals surface area contributed by atoms with Crippen molar-refractivity contribution >= 4 is 11.7 Å². The van der Waals surface area contributed by atoms with Gasteiger partial charge in [0.05, 0.1) is 5.69 Å². The molecule has 0 aliphatic heterocycles. The van der Waals surface area contributed by atoms with Gasteiger partial charge in [-0.05, 0) is 70.5 Å². The van der Waals surface area contributed by atoms with Crippen molar-refractivity contribution < 1.29 is 9.21 Å². The van der Waals surface area contributed by atoms with Gasteiger partial charge in [0.1, 0.15) is 5.76 Å². The zero-order valence-electron chi connectivity index (χ0n) is 21.2. The van der Waals surface area contributed by atoms with Crippen LogP contribution in [0.1, 0.15) is 79.1 Å². The summed E-state index contributed by atoms with van der Waals surface area (Å²) < 4.78 is 5.95. The lowest BCUT2D eigenvalue weighted by Gasteiger charge is -2.42. The van der Waals surface area contributed by atoms with Crippen LogP contribution in [0.25, 0.3) is 11.3 Å². The predicted octanol–water partition coefficient (Wildman–Crippen LogP) is 7.17. The van der Waals surface area contributed by atoms with Crippen LogP contribution >= 0.6 is 0 Å². The number of carbonyl (C=O) groups excluding carboxylic acids is 1. The van der Waals surface area contributed by atoms with Gasteiger partial charge in [-0.1, -0.05) is 70.2 Å². The number of nitrogens with one attached hydrogen (secondary N) is 2. The fourth-order valence-corrected chi connectivity index (χ4v) is 5.07. The quantitative estimate of drug-likeness (QED) is 0.327. The van der Waals surface area contributed by atoms with Crippen LogP contribution in [0.3, 0.4) is 0 Å². The van der Waals surface area contributed by atoms with Gasteiger partial charge in [-0.2, -0.15) is 5.10 Å². The Bertz CT molecular complexity index is 1380. The first-order chi connectivity index (χ1) is 16.6. The minimum atomic E-state index is -0.313. The predicted molar refractivity (Wildman–Crippen MR) is 140 cm³/mol. The molecule has 5 heteroatoms. The Hall–Kier alpha value is -3.60. The van der Waals surface area contributed by atoms with Crippen LogP contribution in [-0.2, 0) is 17.3 Å². The van der Waals surface area contributed by atoms with E-state index in [9.17, 15) is 4.79 Å². The zero-order valence-corrected chi connectivity index (χ0v) is 21.2. The first-order valence-electron chi connectivity index (χ1n) is 12.3. The number of aryl methyl sites for hydroxylation is 1. The Balaban J connectivity index is 1.32. The van der Waals surface area contributed by atoms with Gasteiger partial charge in [0.15, 0.2) is 11.6 Å². The summed E-state index contributed by atoms with van der Waals surface area (Å²) in [6.45, 7) is 11.5. The van der Waals surface area contributed by atoms with Crippen LogP contribution in [0.2, 0.25) is 0 Å². The Morgan fingerprint density at radius 2 is 1.66 bits per heavy atom. The second-order valence-corrected chi connectivity index (χ2v) is 11.0. The molecule has 4 aromatic rings. The van der Waals surface area contributed by atoms with Crippen molar-refractivity contribution in [2.24, 2.45) is 0 Å². The average molecular weight is 468 g/mol. The molecule has 0 saturated carbocycles. The number of nitrogens with zero attached hydrogens (tertiary/aromatic N) is 1. The van der Waals surface area contributed by atoms with Gasteiger partial charge < -0.3 is 9.73 Å². The normalized spacial score (nSPS) is 16.0. The number of benzene rings is 2. The maximum atomic E-state index is 12.8.